The number of aromatic nitrogens is 1. The molecule has 10 heavy (non-hydrogen) atoms. The van der Waals surface area contributed by atoms with E-state index in [2.05, 4.69) is 15.2 Å². The van der Waals surface area contributed by atoms with Gasteiger partial charge in [-0.3, -0.25) is 4.98 Å². The summed E-state index contributed by atoms with van der Waals surface area (Å²) < 4.78 is 0. The average Bonchev–Trinajstić information content (AvgIpc) is 2.72. The second-order valence-electron chi connectivity index (χ2n) is 2.03. The summed E-state index contributed by atoms with van der Waals surface area (Å²) in [5, 5.41) is 6.51. The molecule has 2 heterocycles. The summed E-state index contributed by atoms with van der Waals surface area (Å²) in [7, 11) is 0. The first kappa shape index (κ1) is 5.80. The fourth-order valence-electron chi connectivity index (χ4n) is 0.710. The molecular weight excluding hydrogens is 150 g/mol. The summed E-state index contributed by atoms with van der Waals surface area (Å²) in [4.78, 5) is 3.89. The molecular formula is C6H4ClN3. The summed E-state index contributed by atoms with van der Waals surface area (Å²) in [5.41, 5.74) is 0.830. The van der Waals surface area contributed by atoms with E-state index in [1.54, 1.807) is 12.4 Å². The molecule has 1 aliphatic rings. The number of halogens is 1. The second kappa shape index (κ2) is 1.76. The van der Waals surface area contributed by atoms with Crippen molar-refractivity contribution in [2.24, 2.45) is 10.2 Å². The lowest BCUT2D eigenvalue weighted by Crippen LogP contribution is -1.97. The van der Waals surface area contributed by atoms with Crippen LogP contribution < -0.4 is 0 Å². The van der Waals surface area contributed by atoms with Gasteiger partial charge in [0.25, 0.3) is 5.12 Å². The number of hydrogen-bond acceptors (Lipinski definition) is 3. The first-order valence-electron chi connectivity index (χ1n) is 2.85. The zero-order chi connectivity index (χ0) is 7.03. The van der Waals surface area contributed by atoms with E-state index >= 15 is 0 Å². The van der Waals surface area contributed by atoms with Crippen molar-refractivity contribution in [2.45, 2.75) is 5.12 Å². The molecule has 1 aliphatic heterocycles. The topological polar surface area (TPSA) is 37.6 Å². The van der Waals surface area contributed by atoms with E-state index in [-0.39, 0.29) is 0 Å². The van der Waals surface area contributed by atoms with Crippen molar-refractivity contribution < 1.29 is 0 Å². The first-order chi connectivity index (χ1) is 4.81. The van der Waals surface area contributed by atoms with Gasteiger partial charge in [0, 0.05) is 18.0 Å². The Kier molecular flexibility index (Phi) is 1.02. The monoisotopic (exact) mass is 153 g/mol. The zero-order valence-electron chi connectivity index (χ0n) is 5.03. The lowest BCUT2D eigenvalue weighted by molar-refractivity contribution is 0.927. The van der Waals surface area contributed by atoms with Gasteiger partial charge in [0.2, 0.25) is 0 Å². The molecule has 0 saturated carbocycles. The maximum atomic E-state index is 5.80. The molecule has 0 amide bonds. The molecule has 0 aliphatic carbocycles. The van der Waals surface area contributed by atoms with Crippen LogP contribution in [-0.4, -0.2) is 4.98 Å². The Balaban J connectivity index is 2.36. The molecule has 3 nitrogen and oxygen atoms in total. The van der Waals surface area contributed by atoms with Crippen molar-refractivity contribution in [3.63, 3.8) is 0 Å². The van der Waals surface area contributed by atoms with Gasteiger partial charge in [-0.25, -0.2) is 0 Å². The van der Waals surface area contributed by atoms with Crippen LogP contribution in [0.5, 0.6) is 0 Å². The lowest BCUT2D eigenvalue weighted by atomic mass is 10.2. The minimum absolute atomic E-state index is 0.797. The van der Waals surface area contributed by atoms with Crippen LogP contribution >= 0.6 is 11.6 Å². The van der Waals surface area contributed by atoms with Gasteiger partial charge >= 0.3 is 0 Å². The number of rotatable bonds is 1. The second-order valence-corrected chi connectivity index (χ2v) is 2.56. The van der Waals surface area contributed by atoms with E-state index in [0.29, 0.717) is 0 Å². The van der Waals surface area contributed by atoms with Gasteiger partial charge in [-0.05, 0) is 6.07 Å². The molecule has 4 heteroatoms. The largest absolute Gasteiger partial charge is 0.290 e. The maximum absolute atomic E-state index is 5.80. The fraction of sp³-hybridized carbons (Fsp3) is 0.167. The highest BCUT2D eigenvalue weighted by molar-refractivity contribution is 6.24. The minimum Gasteiger partial charge on any atom is -0.264 e. The summed E-state index contributed by atoms with van der Waals surface area (Å²) in [6.07, 6.45) is 3.35. The van der Waals surface area contributed by atoms with E-state index in [1.165, 1.54) is 0 Å². The first-order valence-corrected chi connectivity index (χ1v) is 3.22. The molecule has 0 radical (unpaired) electrons. The molecule has 2 rings (SSSR count). The van der Waals surface area contributed by atoms with Crippen LogP contribution in [0.1, 0.15) is 5.56 Å². The van der Waals surface area contributed by atoms with Crippen LogP contribution in [0.25, 0.3) is 0 Å². The lowest BCUT2D eigenvalue weighted by Gasteiger charge is -1.97. The molecule has 1 aromatic heterocycles. The SMILES string of the molecule is ClC1(c2cccnc2)N=N1. The van der Waals surface area contributed by atoms with Gasteiger partial charge in [-0.1, -0.05) is 17.7 Å². The molecule has 1 aromatic rings. The van der Waals surface area contributed by atoms with E-state index in [9.17, 15) is 0 Å². The van der Waals surface area contributed by atoms with Crippen LogP contribution in [0.4, 0.5) is 0 Å². The van der Waals surface area contributed by atoms with Crippen LogP contribution in [0, 0.1) is 0 Å². The highest BCUT2D eigenvalue weighted by Gasteiger charge is 2.39. The van der Waals surface area contributed by atoms with Crippen molar-refractivity contribution in [3.8, 4) is 0 Å². The molecule has 0 bridgehead atoms. The Hall–Kier alpha value is -0.960. The van der Waals surface area contributed by atoms with E-state index in [4.69, 9.17) is 11.6 Å². The molecule has 0 spiro atoms. The molecule has 0 N–H and O–H groups in total. The Bertz CT molecular complexity index is 264. The Labute approximate surface area is 62.8 Å². The number of pyridine rings is 1. The van der Waals surface area contributed by atoms with E-state index in [1.807, 2.05) is 12.1 Å². The fourth-order valence-corrected chi connectivity index (χ4v) is 0.860. The third-order valence-electron chi connectivity index (χ3n) is 1.30. The van der Waals surface area contributed by atoms with Crippen LogP contribution in [0.3, 0.4) is 0 Å². The van der Waals surface area contributed by atoms with Crippen molar-refractivity contribution >= 4 is 11.6 Å². The van der Waals surface area contributed by atoms with Gasteiger partial charge < -0.3 is 0 Å². The maximum Gasteiger partial charge on any atom is 0.290 e. The molecule has 50 valence electrons. The van der Waals surface area contributed by atoms with Gasteiger partial charge in [0.05, 0.1) is 0 Å². The summed E-state index contributed by atoms with van der Waals surface area (Å²) in [6.45, 7) is 0. The Morgan fingerprint density at radius 2 is 2.20 bits per heavy atom. The van der Waals surface area contributed by atoms with Crippen molar-refractivity contribution in [2.75, 3.05) is 0 Å². The van der Waals surface area contributed by atoms with Gasteiger partial charge in [0.1, 0.15) is 0 Å². The molecule has 0 fully saturated rings. The molecule has 0 unspecified atom stereocenters. The van der Waals surface area contributed by atoms with Gasteiger partial charge in [-0.2, -0.15) is 0 Å². The van der Waals surface area contributed by atoms with Crippen LogP contribution in [0.2, 0.25) is 0 Å². The smallest absolute Gasteiger partial charge is 0.264 e. The Morgan fingerprint density at radius 1 is 1.40 bits per heavy atom. The van der Waals surface area contributed by atoms with Gasteiger partial charge in [0.15, 0.2) is 0 Å². The highest BCUT2D eigenvalue weighted by atomic mass is 35.5. The predicted octanol–water partition coefficient (Wildman–Crippen LogP) is 1.90. The summed E-state index contributed by atoms with van der Waals surface area (Å²) in [6, 6.07) is 3.66. The summed E-state index contributed by atoms with van der Waals surface area (Å²) in [5.74, 6) is 0. The van der Waals surface area contributed by atoms with Crippen molar-refractivity contribution in [1.82, 2.24) is 4.98 Å². The molecule has 0 atom stereocenters. The number of hydrogen-bond donors (Lipinski definition) is 0. The Morgan fingerprint density at radius 3 is 2.70 bits per heavy atom. The van der Waals surface area contributed by atoms with Crippen LogP contribution in [-0.2, 0) is 5.12 Å². The highest BCUT2D eigenvalue weighted by Crippen LogP contribution is 2.42. The quantitative estimate of drug-likeness (QED) is 0.449. The third kappa shape index (κ3) is 0.789. The molecule has 0 saturated heterocycles. The zero-order valence-corrected chi connectivity index (χ0v) is 5.78. The van der Waals surface area contributed by atoms with Crippen LogP contribution in [0.15, 0.2) is 34.8 Å². The van der Waals surface area contributed by atoms with Crippen molar-refractivity contribution in [3.05, 3.63) is 30.1 Å². The molecule has 0 aromatic carbocycles. The average molecular weight is 154 g/mol. The van der Waals surface area contributed by atoms with E-state index < -0.39 is 5.12 Å². The van der Waals surface area contributed by atoms with Gasteiger partial charge in [-0.15, -0.1) is 10.2 Å². The normalized spacial score (nSPS) is 18.9. The standard InChI is InChI=1S/C6H4ClN3/c7-6(9-10-6)5-2-1-3-8-4-5/h1-4H. The predicted molar refractivity (Wildman–Crippen MR) is 36.6 cm³/mol. The van der Waals surface area contributed by atoms with E-state index in [0.717, 1.165) is 5.56 Å². The van der Waals surface area contributed by atoms with Crippen molar-refractivity contribution in [1.29, 1.82) is 0 Å². The third-order valence-corrected chi connectivity index (χ3v) is 1.67. The number of nitrogens with zero attached hydrogens (tertiary/aromatic N) is 3. The number of alkyl halides is 1. The minimum atomic E-state index is -0.797. The summed E-state index contributed by atoms with van der Waals surface area (Å²) >= 11 is 5.80.